The lowest BCUT2D eigenvalue weighted by atomic mass is 9.86. The Balaban J connectivity index is 1.79. The van der Waals surface area contributed by atoms with Crippen LogP contribution in [0.2, 0.25) is 0 Å². The summed E-state index contributed by atoms with van der Waals surface area (Å²) in [5.41, 5.74) is 1.19. The van der Waals surface area contributed by atoms with Gasteiger partial charge in [0.1, 0.15) is 5.75 Å². The Hall–Kier alpha value is -2.83. The van der Waals surface area contributed by atoms with E-state index in [1.165, 1.54) is 12.1 Å². The van der Waals surface area contributed by atoms with Crippen LogP contribution in [-0.4, -0.2) is 18.2 Å². The predicted molar refractivity (Wildman–Crippen MR) is 88.6 cm³/mol. The lowest BCUT2D eigenvalue weighted by molar-refractivity contribution is -0.274. The maximum atomic E-state index is 12.7. The first-order chi connectivity index (χ1) is 12.3. The molecule has 7 heteroatoms. The van der Waals surface area contributed by atoms with Gasteiger partial charge in [0.05, 0.1) is 11.6 Å². The molecule has 1 saturated heterocycles. The molecule has 0 spiro atoms. The molecule has 26 heavy (non-hydrogen) atoms. The van der Waals surface area contributed by atoms with Crippen LogP contribution in [0, 0.1) is 5.92 Å². The largest absolute Gasteiger partial charge is 0.573 e. The first-order valence-corrected chi connectivity index (χ1v) is 8.04. The zero-order chi connectivity index (χ0) is 18.9. The number of benzene rings is 2. The first-order valence-electron chi connectivity index (χ1n) is 8.04. The number of rotatable bonds is 4. The second-order valence-corrected chi connectivity index (χ2v) is 6.12. The average molecular weight is 363 g/mol. The van der Waals surface area contributed by atoms with Crippen LogP contribution in [0.5, 0.6) is 5.75 Å². The van der Waals surface area contributed by atoms with Crippen molar-refractivity contribution in [2.75, 3.05) is 4.90 Å². The molecule has 2 aromatic rings. The molecule has 4 nitrogen and oxygen atoms in total. The molecule has 1 fully saturated rings. The number of anilines is 1. The number of alkyl halides is 3. The first kappa shape index (κ1) is 18.0. The van der Waals surface area contributed by atoms with Crippen molar-refractivity contribution in [2.24, 2.45) is 5.92 Å². The highest BCUT2D eigenvalue weighted by Crippen LogP contribution is 2.36. The summed E-state index contributed by atoms with van der Waals surface area (Å²) in [5, 5.41) is 0. The van der Waals surface area contributed by atoms with E-state index in [1.54, 1.807) is 0 Å². The standard InChI is InChI=1S/C19H16F3NO3/c1-12(13-5-3-2-4-6-13)16-11-17(24)23(18(16)25)14-7-9-15(10-8-14)26-19(20,21)22/h2-10,12,16H,11H2,1H3/t12-,16+/m0/s1. The van der Waals surface area contributed by atoms with Crippen molar-refractivity contribution in [1.82, 2.24) is 0 Å². The van der Waals surface area contributed by atoms with Gasteiger partial charge in [-0.3, -0.25) is 14.5 Å². The van der Waals surface area contributed by atoms with E-state index in [1.807, 2.05) is 37.3 Å². The third-order valence-electron chi connectivity index (χ3n) is 4.44. The molecule has 1 heterocycles. The number of nitrogens with zero attached hydrogens (tertiary/aromatic N) is 1. The summed E-state index contributed by atoms with van der Waals surface area (Å²) in [6.07, 6.45) is -4.73. The zero-order valence-electron chi connectivity index (χ0n) is 13.9. The number of carbonyl (C=O) groups is 2. The highest BCUT2D eigenvalue weighted by atomic mass is 19.4. The molecule has 1 aliphatic rings. The van der Waals surface area contributed by atoms with Gasteiger partial charge < -0.3 is 4.74 Å². The van der Waals surface area contributed by atoms with Crippen molar-refractivity contribution in [2.45, 2.75) is 25.6 Å². The quantitative estimate of drug-likeness (QED) is 0.762. The molecule has 0 N–H and O–H groups in total. The molecular weight excluding hydrogens is 347 g/mol. The van der Waals surface area contributed by atoms with Crippen LogP contribution in [0.3, 0.4) is 0 Å². The fraction of sp³-hybridized carbons (Fsp3) is 0.263. The van der Waals surface area contributed by atoms with E-state index >= 15 is 0 Å². The monoisotopic (exact) mass is 363 g/mol. The molecule has 2 aromatic carbocycles. The second kappa shape index (κ2) is 6.82. The van der Waals surface area contributed by atoms with Gasteiger partial charge in [0, 0.05) is 6.42 Å². The zero-order valence-corrected chi connectivity index (χ0v) is 13.9. The molecular formula is C19H16F3NO3. The predicted octanol–water partition coefficient (Wildman–Crippen LogP) is 4.27. The maximum absolute atomic E-state index is 12.7. The fourth-order valence-electron chi connectivity index (χ4n) is 3.10. The number of amides is 2. The summed E-state index contributed by atoms with van der Waals surface area (Å²) in [6.45, 7) is 1.88. The van der Waals surface area contributed by atoms with Crippen LogP contribution in [-0.2, 0) is 9.59 Å². The minimum absolute atomic E-state index is 0.0652. The molecule has 0 radical (unpaired) electrons. The van der Waals surface area contributed by atoms with Gasteiger partial charge in [0.2, 0.25) is 11.8 Å². The maximum Gasteiger partial charge on any atom is 0.573 e. The molecule has 0 aromatic heterocycles. The molecule has 0 unspecified atom stereocenters. The number of halogens is 3. The summed E-state index contributed by atoms with van der Waals surface area (Å²) in [7, 11) is 0. The van der Waals surface area contributed by atoms with Gasteiger partial charge in [0.15, 0.2) is 0 Å². The normalized spacial score (nSPS) is 18.9. The Morgan fingerprint density at radius 2 is 1.65 bits per heavy atom. The summed E-state index contributed by atoms with van der Waals surface area (Å²) >= 11 is 0. The number of hydrogen-bond acceptors (Lipinski definition) is 3. The molecule has 0 saturated carbocycles. The van der Waals surface area contributed by atoms with Crippen molar-refractivity contribution in [1.29, 1.82) is 0 Å². The fourth-order valence-corrected chi connectivity index (χ4v) is 3.10. The highest BCUT2D eigenvalue weighted by Gasteiger charge is 2.42. The topological polar surface area (TPSA) is 46.6 Å². The third-order valence-corrected chi connectivity index (χ3v) is 4.44. The van der Waals surface area contributed by atoms with Crippen LogP contribution < -0.4 is 9.64 Å². The van der Waals surface area contributed by atoms with E-state index in [9.17, 15) is 22.8 Å². The minimum Gasteiger partial charge on any atom is -0.406 e. The smallest absolute Gasteiger partial charge is 0.406 e. The molecule has 2 amide bonds. The summed E-state index contributed by atoms with van der Waals surface area (Å²) in [6, 6.07) is 14.1. The molecule has 0 aliphatic carbocycles. The summed E-state index contributed by atoms with van der Waals surface area (Å²) in [4.78, 5) is 26.1. The Morgan fingerprint density at radius 3 is 2.23 bits per heavy atom. The van der Waals surface area contributed by atoms with E-state index in [0.29, 0.717) is 0 Å². The summed E-state index contributed by atoms with van der Waals surface area (Å²) < 4.78 is 40.5. The van der Waals surface area contributed by atoms with Crippen molar-refractivity contribution >= 4 is 17.5 Å². The molecule has 2 atom stereocenters. The molecule has 136 valence electrons. The van der Waals surface area contributed by atoms with Gasteiger partial charge in [-0.1, -0.05) is 37.3 Å². The Bertz CT molecular complexity index is 803. The van der Waals surface area contributed by atoms with Gasteiger partial charge in [-0.05, 0) is 35.7 Å². The van der Waals surface area contributed by atoms with Crippen molar-refractivity contribution < 1.29 is 27.5 Å². The number of ether oxygens (including phenoxy) is 1. The van der Waals surface area contributed by atoms with Crippen molar-refractivity contribution in [3.8, 4) is 5.75 Å². The van der Waals surface area contributed by atoms with Crippen molar-refractivity contribution in [3.05, 3.63) is 60.2 Å². The lowest BCUT2D eigenvalue weighted by Gasteiger charge is -2.19. The van der Waals surface area contributed by atoms with Crippen LogP contribution in [0.25, 0.3) is 0 Å². The molecule has 1 aliphatic heterocycles. The SMILES string of the molecule is C[C@@H](c1ccccc1)[C@H]1CC(=O)N(c2ccc(OC(F)(F)F)cc2)C1=O. The number of carbonyl (C=O) groups excluding carboxylic acids is 2. The minimum atomic E-state index is -4.79. The van der Waals surface area contributed by atoms with Crippen LogP contribution in [0.4, 0.5) is 18.9 Å². The third kappa shape index (κ3) is 3.71. The molecule has 0 bridgehead atoms. The van der Waals surface area contributed by atoms with Crippen LogP contribution >= 0.6 is 0 Å². The van der Waals surface area contributed by atoms with E-state index in [-0.39, 0.29) is 29.8 Å². The number of imide groups is 1. The number of hydrogen-bond donors (Lipinski definition) is 0. The van der Waals surface area contributed by atoms with E-state index in [0.717, 1.165) is 22.6 Å². The van der Waals surface area contributed by atoms with Crippen LogP contribution in [0.1, 0.15) is 24.8 Å². The Kier molecular flexibility index (Phi) is 4.71. The highest BCUT2D eigenvalue weighted by molar-refractivity contribution is 6.21. The van der Waals surface area contributed by atoms with Gasteiger partial charge in [0.25, 0.3) is 0 Å². The Morgan fingerprint density at radius 1 is 1.04 bits per heavy atom. The van der Waals surface area contributed by atoms with Gasteiger partial charge in [-0.15, -0.1) is 13.2 Å². The molecule has 3 rings (SSSR count). The Labute approximate surface area is 148 Å². The van der Waals surface area contributed by atoms with Gasteiger partial charge >= 0.3 is 6.36 Å². The van der Waals surface area contributed by atoms with E-state index < -0.39 is 18.0 Å². The van der Waals surface area contributed by atoms with Gasteiger partial charge in [-0.25, -0.2) is 0 Å². The average Bonchev–Trinajstić information content (AvgIpc) is 2.89. The summed E-state index contributed by atoms with van der Waals surface area (Å²) in [5.74, 6) is -1.78. The van der Waals surface area contributed by atoms with Crippen molar-refractivity contribution in [3.63, 3.8) is 0 Å². The van der Waals surface area contributed by atoms with E-state index in [4.69, 9.17) is 0 Å². The lowest BCUT2D eigenvalue weighted by Crippen LogP contribution is -2.31. The second-order valence-electron chi connectivity index (χ2n) is 6.12. The van der Waals surface area contributed by atoms with E-state index in [2.05, 4.69) is 4.74 Å². The van der Waals surface area contributed by atoms with Gasteiger partial charge in [-0.2, -0.15) is 0 Å². The van der Waals surface area contributed by atoms with Crippen LogP contribution in [0.15, 0.2) is 54.6 Å².